The second kappa shape index (κ2) is 7.75. The Bertz CT molecular complexity index is 996. The van der Waals surface area contributed by atoms with Gasteiger partial charge in [-0.15, -0.1) is 0 Å². The summed E-state index contributed by atoms with van der Waals surface area (Å²) in [6, 6.07) is 29.6. The SMILES string of the molecule is COC1(P(=O)(c2ccccc2)c2ccccc2)CC=CC=C1c1ccccc1. The highest BCUT2D eigenvalue weighted by atomic mass is 31.2. The highest BCUT2D eigenvalue weighted by Gasteiger charge is 2.53. The van der Waals surface area contributed by atoms with Crippen LogP contribution in [0.2, 0.25) is 0 Å². The molecule has 1 aliphatic rings. The van der Waals surface area contributed by atoms with Crippen LogP contribution in [0.15, 0.2) is 109 Å². The van der Waals surface area contributed by atoms with Gasteiger partial charge < -0.3 is 9.30 Å². The van der Waals surface area contributed by atoms with Crippen LogP contribution >= 0.6 is 7.14 Å². The lowest BCUT2D eigenvalue weighted by Gasteiger charge is -2.42. The van der Waals surface area contributed by atoms with Crippen molar-refractivity contribution in [1.82, 2.24) is 0 Å². The lowest BCUT2D eigenvalue weighted by atomic mass is 9.94. The Hall–Kier alpha value is -2.67. The maximum absolute atomic E-state index is 15.1. The quantitative estimate of drug-likeness (QED) is 0.550. The fourth-order valence-electron chi connectivity index (χ4n) is 4.03. The third-order valence-electron chi connectivity index (χ3n) is 5.39. The van der Waals surface area contributed by atoms with E-state index >= 15 is 4.57 Å². The number of hydrogen-bond acceptors (Lipinski definition) is 2. The van der Waals surface area contributed by atoms with E-state index in [2.05, 4.69) is 18.2 Å². The molecule has 0 heterocycles. The predicted molar refractivity (Wildman–Crippen MR) is 118 cm³/mol. The van der Waals surface area contributed by atoms with Gasteiger partial charge in [0.2, 0.25) is 0 Å². The molecule has 0 fully saturated rings. The standard InChI is InChI=1S/C25H23O2P/c1-27-25(20-12-11-19-24(25)21-13-5-2-6-14-21)28(26,22-15-7-3-8-16-22)23-17-9-4-10-18-23/h2-19H,20H2,1H3. The zero-order chi connectivity index (χ0) is 19.5. The van der Waals surface area contributed by atoms with E-state index in [1.807, 2.05) is 91.0 Å². The van der Waals surface area contributed by atoms with E-state index in [0.29, 0.717) is 6.42 Å². The van der Waals surface area contributed by atoms with Crippen LogP contribution in [-0.2, 0) is 9.30 Å². The third-order valence-corrected chi connectivity index (χ3v) is 9.06. The molecule has 1 unspecified atom stereocenters. The van der Waals surface area contributed by atoms with E-state index in [-0.39, 0.29) is 0 Å². The van der Waals surface area contributed by atoms with Crippen LogP contribution in [0.4, 0.5) is 0 Å². The Kier molecular flexibility index (Phi) is 5.17. The Morgan fingerprint density at radius 2 is 1.29 bits per heavy atom. The monoisotopic (exact) mass is 386 g/mol. The van der Waals surface area contributed by atoms with Gasteiger partial charge in [-0.25, -0.2) is 0 Å². The zero-order valence-electron chi connectivity index (χ0n) is 15.9. The molecule has 3 aromatic rings. The molecule has 28 heavy (non-hydrogen) atoms. The minimum absolute atomic E-state index is 0.547. The minimum Gasteiger partial charge on any atom is -0.365 e. The maximum atomic E-state index is 15.1. The van der Waals surface area contributed by atoms with Gasteiger partial charge in [0.15, 0.2) is 12.5 Å². The molecule has 0 aromatic heterocycles. The maximum Gasteiger partial charge on any atom is 0.178 e. The summed E-state index contributed by atoms with van der Waals surface area (Å²) in [6.07, 6.45) is 6.67. The number of rotatable bonds is 5. The number of hydrogen-bond donors (Lipinski definition) is 0. The summed E-state index contributed by atoms with van der Waals surface area (Å²) in [4.78, 5) is 0. The summed E-state index contributed by atoms with van der Waals surface area (Å²) in [5.41, 5.74) is 1.98. The normalized spacial score (nSPS) is 19.2. The molecule has 0 bridgehead atoms. The number of allylic oxidation sites excluding steroid dienone is 2. The van der Waals surface area contributed by atoms with Crippen LogP contribution < -0.4 is 10.6 Å². The first-order valence-corrected chi connectivity index (χ1v) is 11.1. The van der Waals surface area contributed by atoms with E-state index in [4.69, 9.17) is 4.74 Å². The van der Waals surface area contributed by atoms with Gasteiger partial charge in [0, 0.05) is 24.1 Å². The van der Waals surface area contributed by atoms with Crippen LogP contribution in [-0.4, -0.2) is 12.5 Å². The summed E-state index contributed by atoms with van der Waals surface area (Å²) in [5, 5.41) is 0.645. The zero-order valence-corrected chi connectivity index (χ0v) is 16.8. The summed E-state index contributed by atoms with van der Waals surface area (Å²) in [5.74, 6) is 0. The Morgan fingerprint density at radius 1 is 0.786 bits per heavy atom. The van der Waals surface area contributed by atoms with Crippen molar-refractivity contribution in [1.29, 1.82) is 0 Å². The molecule has 0 N–H and O–H groups in total. The first-order chi connectivity index (χ1) is 13.7. The molecule has 1 atom stereocenters. The van der Waals surface area contributed by atoms with Crippen molar-refractivity contribution in [3.63, 3.8) is 0 Å². The summed E-state index contributed by atoms with van der Waals surface area (Å²) in [6.45, 7) is 0. The lowest BCUT2D eigenvalue weighted by Crippen LogP contribution is -2.41. The highest BCUT2D eigenvalue weighted by Crippen LogP contribution is 2.64. The molecule has 2 nitrogen and oxygen atoms in total. The van der Waals surface area contributed by atoms with E-state index in [1.165, 1.54) is 0 Å². The van der Waals surface area contributed by atoms with Crippen LogP contribution in [0.25, 0.3) is 5.57 Å². The molecule has 1 aliphatic carbocycles. The van der Waals surface area contributed by atoms with Gasteiger partial charge in [-0.3, -0.25) is 0 Å². The first-order valence-electron chi connectivity index (χ1n) is 9.41. The van der Waals surface area contributed by atoms with Crippen molar-refractivity contribution in [2.24, 2.45) is 0 Å². The topological polar surface area (TPSA) is 26.3 Å². The Labute approximate surface area is 166 Å². The molecule has 0 saturated carbocycles. The van der Waals surface area contributed by atoms with Crippen molar-refractivity contribution in [2.45, 2.75) is 11.8 Å². The average molecular weight is 386 g/mol. The fraction of sp³-hybridized carbons (Fsp3) is 0.120. The van der Waals surface area contributed by atoms with Crippen molar-refractivity contribution >= 4 is 23.3 Å². The lowest BCUT2D eigenvalue weighted by molar-refractivity contribution is 0.112. The number of benzene rings is 3. The molecule has 140 valence electrons. The molecular formula is C25H23O2P. The van der Waals surface area contributed by atoms with Gasteiger partial charge in [0.05, 0.1) is 0 Å². The summed E-state index contributed by atoms with van der Waals surface area (Å²) in [7, 11) is -1.52. The van der Waals surface area contributed by atoms with Crippen LogP contribution in [0.3, 0.4) is 0 Å². The Balaban J connectivity index is 2.03. The average Bonchev–Trinajstić information content (AvgIpc) is 2.80. The van der Waals surface area contributed by atoms with Gasteiger partial charge in [-0.1, -0.05) is 109 Å². The largest absolute Gasteiger partial charge is 0.365 e. The summed E-state index contributed by atoms with van der Waals surface area (Å²) < 4.78 is 21.3. The molecule has 0 aliphatic heterocycles. The van der Waals surface area contributed by atoms with Gasteiger partial charge in [0.25, 0.3) is 0 Å². The number of ether oxygens (including phenoxy) is 1. The van der Waals surface area contributed by atoms with Crippen LogP contribution in [0, 0.1) is 0 Å². The second-order valence-corrected chi connectivity index (χ2v) is 9.82. The summed E-state index contributed by atoms with van der Waals surface area (Å²) >= 11 is 0. The molecular weight excluding hydrogens is 363 g/mol. The molecule has 0 spiro atoms. The molecule has 0 radical (unpaired) electrons. The first kappa shape index (κ1) is 18.7. The van der Waals surface area contributed by atoms with Crippen molar-refractivity contribution in [3.8, 4) is 0 Å². The second-order valence-electron chi connectivity index (χ2n) is 6.85. The molecule has 0 saturated heterocycles. The minimum atomic E-state index is -3.19. The van der Waals surface area contributed by atoms with Crippen LogP contribution in [0.1, 0.15) is 12.0 Å². The number of methoxy groups -OCH3 is 1. The van der Waals surface area contributed by atoms with Crippen molar-refractivity contribution in [3.05, 3.63) is 115 Å². The molecule has 3 aromatic carbocycles. The van der Waals surface area contributed by atoms with Gasteiger partial charge in [0.1, 0.15) is 0 Å². The van der Waals surface area contributed by atoms with Gasteiger partial charge >= 0.3 is 0 Å². The van der Waals surface area contributed by atoms with Crippen molar-refractivity contribution in [2.75, 3.05) is 7.11 Å². The molecule has 0 amide bonds. The van der Waals surface area contributed by atoms with E-state index in [9.17, 15) is 0 Å². The predicted octanol–water partition coefficient (Wildman–Crippen LogP) is 5.39. The third kappa shape index (κ3) is 2.90. The Morgan fingerprint density at radius 3 is 1.79 bits per heavy atom. The highest BCUT2D eigenvalue weighted by molar-refractivity contribution is 7.80. The van der Waals surface area contributed by atoms with E-state index in [1.54, 1.807) is 7.11 Å². The fourth-order valence-corrected chi connectivity index (χ4v) is 7.51. The van der Waals surface area contributed by atoms with E-state index in [0.717, 1.165) is 21.7 Å². The van der Waals surface area contributed by atoms with Crippen molar-refractivity contribution < 1.29 is 9.30 Å². The van der Waals surface area contributed by atoms with Gasteiger partial charge in [-0.2, -0.15) is 0 Å². The molecule has 3 heteroatoms. The van der Waals surface area contributed by atoms with E-state index < -0.39 is 12.5 Å². The van der Waals surface area contributed by atoms with Crippen LogP contribution in [0.5, 0.6) is 0 Å². The molecule has 4 rings (SSSR count). The smallest absolute Gasteiger partial charge is 0.178 e. The van der Waals surface area contributed by atoms with Gasteiger partial charge in [-0.05, 0) is 11.1 Å².